The number of hydrogen-bond donors (Lipinski definition) is 1. The molecule has 0 spiro atoms. The maximum absolute atomic E-state index is 11.5. The highest BCUT2D eigenvalue weighted by molar-refractivity contribution is 5.77. The van der Waals surface area contributed by atoms with E-state index in [1.165, 1.54) is 0 Å². The first-order chi connectivity index (χ1) is 9.70. The third kappa shape index (κ3) is 3.59. The maximum atomic E-state index is 11.5. The summed E-state index contributed by atoms with van der Waals surface area (Å²) in [6, 6.07) is 15.8. The second kappa shape index (κ2) is 6.73. The molecule has 0 aliphatic carbocycles. The van der Waals surface area contributed by atoms with Crippen molar-refractivity contribution >= 4 is 5.97 Å². The molecule has 0 aliphatic heterocycles. The van der Waals surface area contributed by atoms with E-state index in [-0.39, 0.29) is 0 Å². The molecule has 4 heteroatoms. The van der Waals surface area contributed by atoms with Crippen LogP contribution in [0.2, 0.25) is 0 Å². The van der Waals surface area contributed by atoms with Crippen molar-refractivity contribution < 1.29 is 14.3 Å². The molecule has 0 amide bonds. The van der Waals surface area contributed by atoms with Gasteiger partial charge in [0, 0.05) is 0 Å². The van der Waals surface area contributed by atoms with Gasteiger partial charge in [0.05, 0.1) is 6.61 Å². The van der Waals surface area contributed by atoms with Crippen LogP contribution in [0.1, 0.15) is 18.5 Å². The zero-order valence-corrected chi connectivity index (χ0v) is 11.3. The van der Waals surface area contributed by atoms with Crippen LogP contribution in [0.3, 0.4) is 0 Å². The van der Waals surface area contributed by atoms with E-state index in [1.54, 1.807) is 31.2 Å². The summed E-state index contributed by atoms with van der Waals surface area (Å²) >= 11 is 0. The van der Waals surface area contributed by atoms with Gasteiger partial charge >= 0.3 is 5.97 Å². The molecule has 0 heterocycles. The standard InChI is InChI=1S/C16H17NO3/c1-2-19-16(18)15(17)12-8-10-14(11-9-12)20-13-6-4-3-5-7-13/h3-11,15H,2,17H2,1H3. The zero-order chi connectivity index (χ0) is 14.4. The van der Waals surface area contributed by atoms with E-state index >= 15 is 0 Å². The molecule has 2 aromatic carbocycles. The van der Waals surface area contributed by atoms with Gasteiger partial charge in [-0.1, -0.05) is 30.3 Å². The number of benzene rings is 2. The van der Waals surface area contributed by atoms with Crippen LogP contribution in [0.5, 0.6) is 11.5 Å². The zero-order valence-electron chi connectivity index (χ0n) is 11.3. The van der Waals surface area contributed by atoms with E-state index in [2.05, 4.69) is 0 Å². The average Bonchev–Trinajstić information content (AvgIpc) is 2.48. The predicted molar refractivity (Wildman–Crippen MR) is 76.5 cm³/mol. The van der Waals surface area contributed by atoms with Gasteiger partial charge in [0.25, 0.3) is 0 Å². The van der Waals surface area contributed by atoms with Crippen LogP contribution in [0, 0.1) is 0 Å². The molecule has 20 heavy (non-hydrogen) atoms. The first-order valence-electron chi connectivity index (χ1n) is 6.46. The molecule has 1 unspecified atom stereocenters. The molecule has 0 saturated carbocycles. The molecular formula is C16H17NO3. The molecule has 104 valence electrons. The fourth-order valence-electron chi connectivity index (χ4n) is 1.74. The van der Waals surface area contributed by atoms with Crippen LogP contribution in [0.25, 0.3) is 0 Å². The minimum atomic E-state index is -0.763. The van der Waals surface area contributed by atoms with Gasteiger partial charge < -0.3 is 15.2 Å². The predicted octanol–water partition coefficient (Wildman–Crippen LogP) is 3.04. The molecule has 0 fully saturated rings. The van der Waals surface area contributed by atoms with Crippen molar-refractivity contribution in [2.45, 2.75) is 13.0 Å². The Hall–Kier alpha value is -2.33. The van der Waals surface area contributed by atoms with E-state index in [4.69, 9.17) is 15.2 Å². The lowest BCUT2D eigenvalue weighted by atomic mass is 10.1. The Morgan fingerprint density at radius 2 is 1.65 bits per heavy atom. The molecule has 4 nitrogen and oxygen atoms in total. The Labute approximate surface area is 118 Å². The Morgan fingerprint density at radius 3 is 2.25 bits per heavy atom. The van der Waals surface area contributed by atoms with E-state index in [0.29, 0.717) is 17.9 Å². The summed E-state index contributed by atoms with van der Waals surface area (Å²) < 4.78 is 10.6. The molecule has 2 rings (SSSR count). The van der Waals surface area contributed by atoms with E-state index < -0.39 is 12.0 Å². The lowest BCUT2D eigenvalue weighted by Crippen LogP contribution is -2.23. The lowest BCUT2D eigenvalue weighted by Gasteiger charge is -2.11. The highest BCUT2D eigenvalue weighted by atomic mass is 16.5. The minimum absolute atomic E-state index is 0.321. The molecule has 0 saturated heterocycles. The van der Waals surface area contributed by atoms with Crippen molar-refractivity contribution in [1.29, 1.82) is 0 Å². The molecule has 2 aromatic rings. The average molecular weight is 271 g/mol. The van der Waals surface area contributed by atoms with Crippen molar-refractivity contribution in [3.63, 3.8) is 0 Å². The quantitative estimate of drug-likeness (QED) is 0.849. The number of ether oxygens (including phenoxy) is 2. The van der Waals surface area contributed by atoms with Crippen molar-refractivity contribution in [1.82, 2.24) is 0 Å². The summed E-state index contributed by atoms with van der Waals surface area (Å²) in [4.78, 5) is 11.5. The molecule has 0 aliphatic rings. The normalized spacial score (nSPS) is 11.7. The fraction of sp³-hybridized carbons (Fsp3) is 0.188. The fourth-order valence-corrected chi connectivity index (χ4v) is 1.74. The van der Waals surface area contributed by atoms with Crippen molar-refractivity contribution in [3.8, 4) is 11.5 Å². The number of hydrogen-bond acceptors (Lipinski definition) is 4. The van der Waals surface area contributed by atoms with Crippen LogP contribution < -0.4 is 10.5 Å². The summed E-state index contributed by atoms with van der Waals surface area (Å²) in [5.41, 5.74) is 6.51. The molecule has 2 N–H and O–H groups in total. The Kier molecular flexibility index (Phi) is 4.74. The minimum Gasteiger partial charge on any atom is -0.465 e. The van der Waals surface area contributed by atoms with Gasteiger partial charge in [-0.2, -0.15) is 0 Å². The number of nitrogens with two attached hydrogens (primary N) is 1. The summed E-state index contributed by atoms with van der Waals surface area (Å²) in [7, 11) is 0. The molecule has 0 aromatic heterocycles. The van der Waals surface area contributed by atoms with Crippen LogP contribution in [0.4, 0.5) is 0 Å². The smallest absolute Gasteiger partial charge is 0.327 e. The van der Waals surface area contributed by atoms with Crippen molar-refractivity contribution in [2.24, 2.45) is 5.73 Å². The Balaban J connectivity index is 2.04. The van der Waals surface area contributed by atoms with E-state index in [0.717, 1.165) is 5.75 Å². The van der Waals surface area contributed by atoms with Gasteiger partial charge in [-0.25, -0.2) is 4.79 Å². The lowest BCUT2D eigenvalue weighted by molar-refractivity contribution is -0.144. The highest BCUT2D eigenvalue weighted by Crippen LogP contribution is 2.22. The number of carbonyl (C=O) groups is 1. The molecule has 0 bridgehead atoms. The SMILES string of the molecule is CCOC(=O)C(N)c1ccc(Oc2ccccc2)cc1. The topological polar surface area (TPSA) is 61.5 Å². The number of para-hydroxylation sites is 1. The molecular weight excluding hydrogens is 254 g/mol. The summed E-state index contributed by atoms with van der Waals surface area (Å²) in [6.45, 7) is 2.07. The van der Waals surface area contributed by atoms with Gasteiger partial charge in [0.2, 0.25) is 0 Å². The van der Waals surface area contributed by atoms with Crippen LogP contribution in [-0.2, 0) is 9.53 Å². The van der Waals surface area contributed by atoms with Gasteiger partial charge in [-0.05, 0) is 36.8 Å². The second-order valence-corrected chi connectivity index (χ2v) is 4.21. The molecule has 1 atom stereocenters. The van der Waals surface area contributed by atoms with Gasteiger partial charge in [-0.15, -0.1) is 0 Å². The monoisotopic (exact) mass is 271 g/mol. The van der Waals surface area contributed by atoms with Crippen LogP contribution in [0.15, 0.2) is 54.6 Å². The van der Waals surface area contributed by atoms with Gasteiger partial charge in [0.1, 0.15) is 17.5 Å². The number of carbonyl (C=O) groups excluding carboxylic acids is 1. The van der Waals surface area contributed by atoms with Crippen molar-refractivity contribution in [2.75, 3.05) is 6.61 Å². The number of esters is 1. The second-order valence-electron chi connectivity index (χ2n) is 4.21. The van der Waals surface area contributed by atoms with Crippen LogP contribution in [-0.4, -0.2) is 12.6 Å². The summed E-state index contributed by atoms with van der Waals surface area (Å²) in [5, 5.41) is 0. The van der Waals surface area contributed by atoms with E-state index in [1.807, 2.05) is 30.3 Å². The molecule has 0 radical (unpaired) electrons. The van der Waals surface area contributed by atoms with Gasteiger partial charge in [0.15, 0.2) is 0 Å². The third-order valence-electron chi connectivity index (χ3n) is 2.76. The maximum Gasteiger partial charge on any atom is 0.327 e. The van der Waals surface area contributed by atoms with Gasteiger partial charge in [-0.3, -0.25) is 0 Å². The van der Waals surface area contributed by atoms with E-state index in [9.17, 15) is 4.79 Å². The van der Waals surface area contributed by atoms with Crippen molar-refractivity contribution in [3.05, 3.63) is 60.2 Å². The largest absolute Gasteiger partial charge is 0.465 e. The first kappa shape index (κ1) is 14.1. The first-order valence-corrected chi connectivity index (χ1v) is 6.46. The summed E-state index contributed by atoms with van der Waals surface area (Å²) in [6.07, 6.45) is 0. The Bertz CT molecular complexity index is 552. The Morgan fingerprint density at radius 1 is 1.05 bits per heavy atom. The highest BCUT2D eigenvalue weighted by Gasteiger charge is 2.16. The number of rotatable bonds is 5. The summed E-state index contributed by atoms with van der Waals surface area (Å²) in [5.74, 6) is 1.02. The van der Waals surface area contributed by atoms with Crippen LogP contribution >= 0.6 is 0 Å². The third-order valence-corrected chi connectivity index (χ3v) is 2.76.